The molecular weight excluding hydrogens is 498 g/mol. The van der Waals surface area contributed by atoms with Crippen molar-refractivity contribution >= 4 is 43.3 Å². The monoisotopic (exact) mass is 529 g/mol. The number of sulfone groups is 1. The van der Waals surface area contributed by atoms with E-state index in [1.165, 1.54) is 18.2 Å². The first kappa shape index (κ1) is 26.8. The van der Waals surface area contributed by atoms with Crippen LogP contribution in [0.1, 0.15) is 19.3 Å². The van der Waals surface area contributed by atoms with Gasteiger partial charge >= 0.3 is 10.3 Å². The van der Waals surface area contributed by atoms with Crippen LogP contribution >= 0.6 is 11.8 Å². The molecule has 0 radical (unpaired) electrons. The molecule has 12 heteroatoms. The summed E-state index contributed by atoms with van der Waals surface area (Å²) in [6.45, 7) is 2.45. The van der Waals surface area contributed by atoms with E-state index in [2.05, 4.69) is 10.2 Å². The fourth-order valence-corrected chi connectivity index (χ4v) is 6.06. The van der Waals surface area contributed by atoms with Crippen molar-refractivity contribution in [3.63, 3.8) is 0 Å². The molecule has 0 aliphatic carbocycles. The first-order chi connectivity index (χ1) is 16.0. The average Bonchev–Trinajstić information content (AvgIpc) is 2.76. The van der Waals surface area contributed by atoms with Gasteiger partial charge in [-0.3, -0.25) is 9.27 Å². The van der Waals surface area contributed by atoms with E-state index in [0.717, 1.165) is 50.0 Å². The van der Waals surface area contributed by atoms with Crippen molar-refractivity contribution in [2.75, 3.05) is 41.7 Å². The van der Waals surface area contributed by atoms with Gasteiger partial charge in [-0.25, -0.2) is 8.42 Å². The summed E-state index contributed by atoms with van der Waals surface area (Å²) in [5, 5.41) is 13.1. The summed E-state index contributed by atoms with van der Waals surface area (Å²) >= 11 is 1.66. The maximum Gasteiger partial charge on any atom is 0.357 e. The number of thioether (sulfide) groups is 1. The summed E-state index contributed by atoms with van der Waals surface area (Å²) < 4.78 is 58.2. The van der Waals surface area contributed by atoms with Crippen LogP contribution in [0.15, 0.2) is 58.3 Å². The number of nitrogens with zero attached hydrogens (tertiary/aromatic N) is 1. The molecule has 188 valence electrons. The number of hydrogen-bond donors (Lipinski definition) is 4. The molecule has 0 spiro atoms. The van der Waals surface area contributed by atoms with Crippen molar-refractivity contribution in [2.45, 2.75) is 41.2 Å². The highest BCUT2D eigenvalue weighted by molar-refractivity contribution is 7.99. The van der Waals surface area contributed by atoms with Gasteiger partial charge in [-0.15, -0.1) is 11.8 Å². The number of nitrogens with one attached hydrogen (secondary N) is 2. The highest BCUT2D eigenvalue weighted by Gasteiger charge is 2.21. The number of piperidine rings is 1. The Morgan fingerprint density at radius 1 is 1.09 bits per heavy atom. The normalized spacial score (nSPS) is 16.8. The number of rotatable bonds is 11. The van der Waals surface area contributed by atoms with E-state index >= 15 is 0 Å². The Bertz CT molecular complexity index is 1150. The van der Waals surface area contributed by atoms with Gasteiger partial charge in [0, 0.05) is 42.6 Å². The summed E-state index contributed by atoms with van der Waals surface area (Å²) in [7, 11) is -8.22. The third kappa shape index (κ3) is 8.75. The molecular formula is C22H31N3O6S3. The lowest BCUT2D eigenvalue weighted by molar-refractivity contribution is 0.0817. The SMILES string of the molecule is CS(=O)(=O)c1cc(NS(=O)(=O)O)ccc1NC(CCN1CCC(O)CC1)CSc1ccccc1. The number of aliphatic hydroxyl groups excluding tert-OH is 1. The Morgan fingerprint density at radius 3 is 2.38 bits per heavy atom. The molecule has 0 saturated carbocycles. The molecule has 4 N–H and O–H groups in total. The molecule has 2 aromatic rings. The zero-order valence-corrected chi connectivity index (χ0v) is 21.4. The van der Waals surface area contributed by atoms with Crippen molar-refractivity contribution in [3.8, 4) is 0 Å². The van der Waals surface area contributed by atoms with Crippen molar-refractivity contribution in [1.82, 2.24) is 4.90 Å². The minimum Gasteiger partial charge on any atom is -0.393 e. The molecule has 0 amide bonds. The highest BCUT2D eigenvalue weighted by atomic mass is 32.2. The van der Waals surface area contributed by atoms with Crippen LogP contribution in [0, 0.1) is 0 Å². The highest BCUT2D eigenvalue weighted by Crippen LogP contribution is 2.28. The fourth-order valence-electron chi connectivity index (χ4n) is 3.77. The number of hydrogen-bond acceptors (Lipinski definition) is 8. The van der Waals surface area contributed by atoms with Crippen LogP contribution in [0.2, 0.25) is 0 Å². The van der Waals surface area contributed by atoms with E-state index in [4.69, 9.17) is 4.55 Å². The van der Waals surface area contributed by atoms with Gasteiger partial charge in [0.05, 0.1) is 22.4 Å². The molecule has 1 saturated heterocycles. The van der Waals surface area contributed by atoms with E-state index in [1.807, 2.05) is 35.1 Å². The minimum atomic E-state index is -4.53. The summed E-state index contributed by atoms with van der Waals surface area (Å²) in [5.41, 5.74) is 0.326. The molecule has 0 bridgehead atoms. The Morgan fingerprint density at radius 2 is 1.76 bits per heavy atom. The van der Waals surface area contributed by atoms with E-state index in [1.54, 1.807) is 11.8 Å². The van der Waals surface area contributed by atoms with Gasteiger partial charge in [0.1, 0.15) is 0 Å². The van der Waals surface area contributed by atoms with Crippen LogP contribution < -0.4 is 10.0 Å². The van der Waals surface area contributed by atoms with Gasteiger partial charge in [0.15, 0.2) is 9.84 Å². The van der Waals surface area contributed by atoms with Crippen LogP contribution in [0.5, 0.6) is 0 Å². The smallest absolute Gasteiger partial charge is 0.357 e. The molecule has 1 heterocycles. The molecule has 34 heavy (non-hydrogen) atoms. The molecule has 1 fully saturated rings. The first-order valence-electron chi connectivity index (χ1n) is 10.9. The predicted octanol–water partition coefficient (Wildman–Crippen LogP) is 2.72. The number of aliphatic hydroxyl groups is 1. The summed E-state index contributed by atoms with van der Waals surface area (Å²) in [5.74, 6) is 0.689. The van der Waals surface area contributed by atoms with Gasteiger partial charge in [-0.1, -0.05) is 18.2 Å². The Labute approximate surface area is 205 Å². The molecule has 1 aliphatic heterocycles. The van der Waals surface area contributed by atoms with Crippen LogP contribution in [-0.4, -0.2) is 75.2 Å². The lowest BCUT2D eigenvalue weighted by Crippen LogP contribution is -2.38. The summed E-state index contributed by atoms with van der Waals surface area (Å²) in [6.07, 6.45) is 3.06. The third-order valence-electron chi connectivity index (χ3n) is 5.53. The van der Waals surface area contributed by atoms with E-state index < -0.39 is 20.1 Å². The average molecular weight is 530 g/mol. The lowest BCUT2D eigenvalue weighted by atomic mass is 10.1. The molecule has 3 rings (SSSR count). The topological polar surface area (TPSA) is 136 Å². The lowest BCUT2D eigenvalue weighted by Gasteiger charge is -2.31. The van der Waals surface area contributed by atoms with E-state index in [0.29, 0.717) is 11.4 Å². The van der Waals surface area contributed by atoms with Crippen LogP contribution in [0.4, 0.5) is 11.4 Å². The van der Waals surface area contributed by atoms with Gasteiger partial charge in [0.25, 0.3) is 0 Å². The van der Waals surface area contributed by atoms with Crippen molar-refractivity contribution in [2.24, 2.45) is 0 Å². The predicted molar refractivity (Wildman–Crippen MR) is 136 cm³/mol. The summed E-state index contributed by atoms with van der Waals surface area (Å²) in [4.78, 5) is 3.34. The second-order valence-corrected chi connectivity index (χ2v) is 12.6. The van der Waals surface area contributed by atoms with E-state index in [9.17, 15) is 21.9 Å². The molecule has 0 aromatic heterocycles. The van der Waals surface area contributed by atoms with Crippen LogP contribution in [0.3, 0.4) is 0 Å². The zero-order valence-electron chi connectivity index (χ0n) is 18.9. The fraction of sp³-hybridized carbons (Fsp3) is 0.455. The van der Waals surface area contributed by atoms with Gasteiger partial charge in [0.2, 0.25) is 0 Å². The number of benzene rings is 2. The quantitative estimate of drug-likeness (QED) is 0.256. The van der Waals surface area contributed by atoms with Crippen molar-refractivity contribution in [3.05, 3.63) is 48.5 Å². The summed E-state index contributed by atoms with van der Waals surface area (Å²) in [6, 6.07) is 13.9. The van der Waals surface area contributed by atoms with Crippen molar-refractivity contribution in [1.29, 1.82) is 0 Å². The Hall–Kier alpha value is -1.83. The zero-order chi connectivity index (χ0) is 24.8. The van der Waals surface area contributed by atoms with Gasteiger partial charge in [-0.2, -0.15) is 8.42 Å². The van der Waals surface area contributed by atoms with Crippen molar-refractivity contribution < 1.29 is 26.5 Å². The molecule has 1 unspecified atom stereocenters. The maximum atomic E-state index is 12.5. The second kappa shape index (κ2) is 11.7. The third-order valence-corrected chi connectivity index (χ3v) is 8.34. The largest absolute Gasteiger partial charge is 0.393 e. The Balaban J connectivity index is 1.78. The molecule has 2 aromatic carbocycles. The standard InChI is InChI=1S/C22H31N3O6S3/c1-33(27,28)22-15-17(24-34(29,30)31)7-8-21(22)23-18(16-32-20-5-3-2-4-6-20)9-12-25-13-10-19(26)11-14-25/h2-8,15,18-19,23-24,26H,9-14,16H2,1H3,(H,29,30,31). The Kier molecular flexibility index (Phi) is 9.24. The van der Waals surface area contributed by atoms with Gasteiger partial charge < -0.3 is 15.3 Å². The first-order valence-corrected chi connectivity index (χ1v) is 15.3. The molecule has 1 aliphatic rings. The van der Waals surface area contributed by atoms with E-state index in [-0.39, 0.29) is 22.7 Å². The maximum absolute atomic E-state index is 12.5. The van der Waals surface area contributed by atoms with Crippen LogP contribution in [-0.2, 0) is 20.1 Å². The number of anilines is 2. The second-order valence-electron chi connectivity index (χ2n) is 8.39. The minimum absolute atomic E-state index is 0.0458. The molecule has 1 atom stereocenters. The van der Waals surface area contributed by atoms with Crippen LogP contribution in [0.25, 0.3) is 0 Å². The molecule has 9 nitrogen and oxygen atoms in total. The number of likely N-dealkylation sites (tertiary alicyclic amines) is 1. The van der Waals surface area contributed by atoms with Gasteiger partial charge in [-0.05, 0) is 49.6 Å².